The number of hydrogen-bond donors (Lipinski definition) is 0. The average molecular weight is 367 g/mol. The number of hydrogen-bond acceptors (Lipinski definition) is 5. The van der Waals surface area contributed by atoms with E-state index >= 15 is 0 Å². The van der Waals surface area contributed by atoms with Gasteiger partial charge in [0.25, 0.3) is 0 Å². The fourth-order valence-electron chi connectivity index (χ4n) is 5.67. The summed E-state index contributed by atoms with van der Waals surface area (Å²) in [6, 6.07) is 6.99. The molecule has 5 heteroatoms. The number of aryl methyl sites for hydroxylation is 2. The summed E-state index contributed by atoms with van der Waals surface area (Å²) in [5, 5.41) is 11.9. The van der Waals surface area contributed by atoms with Crippen LogP contribution in [0.5, 0.6) is 0 Å². The van der Waals surface area contributed by atoms with Crippen molar-refractivity contribution in [1.29, 1.82) is 0 Å². The highest BCUT2D eigenvalue weighted by molar-refractivity contribution is 5.54. The van der Waals surface area contributed by atoms with Gasteiger partial charge in [0.15, 0.2) is 0 Å². The van der Waals surface area contributed by atoms with Crippen molar-refractivity contribution in [2.45, 2.75) is 57.7 Å². The van der Waals surface area contributed by atoms with Crippen molar-refractivity contribution in [3.05, 3.63) is 41.0 Å². The summed E-state index contributed by atoms with van der Waals surface area (Å²) in [6.07, 6.45) is 8.62. The fourth-order valence-corrected chi connectivity index (χ4v) is 5.67. The molecule has 1 aromatic carbocycles. The van der Waals surface area contributed by atoms with Crippen LogP contribution in [0.1, 0.15) is 43.2 Å². The first kappa shape index (κ1) is 17.4. The number of allylic oxidation sites excluding steroid dienone is 1. The maximum absolute atomic E-state index is 5.70. The second kappa shape index (κ2) is 6.71. The number of rotatable bonds is 3. The molecule has 0 radical (unpaired) electrons. The number of morpholine rings is 1. The van der Waals surface area contributed by atoms with Crippen molar-refractivity contribution in [2.75, 3.05) is 31.3 Å². The molecule has 2 fully saturated rings. The van der Waals surface area contributed by atoms with Gasteiger partial charge in [-0.1, -0.05) is 22.9 Å². The van der Waals surface area contributed by atoms with Crippen molar-refractivity contribution >= 4 is 5.69 Å². The fraction of sp³-hybridized carbons (Fsp3) is 0.636. The predicted molar refractivity (Wildman–Crippen MR) is 107 cm³/mol. The van der Waals surface area contributed by atoms with Crippen molar-refractivity contribution in [1.82, 2.24) is 4.90 Å². The maximum Gasteiger partial charge on any atom is 0.148 e. The number of anilines is 1. The monoisotopic (exact) mass is 366 g/mol. The summed E-state index contributed by atoms with van der Waals surface area (Å²) < 4.78 is 5.70. The van der Waals surface area contributed by atoms with Crippen LogP contribution in [0, 0.1) is 19.8 Å². The second-order valence-electron chi connectivity index (χ2n) is 8.48. The predicted octanol–water partition coefficient (Wildman–Crippen LogP) is 4.41. The van der Waals surface area contributed by atoms with Gasteiger partial charge < -0.3 is 4.74 Å². The van der Waals surface area contributed by atoms with Crippen LogP contribution in [0.3, 0.4) is 0 Å². The molecule has 2 aliphatic carbocycles. The molecule has 0 spiro atoms. The van der Waals surface area contributed by atoms with Crippen LogP contribution < -0.4 is 5.01 Å². The van der Waals surface area contributed by atoms with E-state index in [0.29, 0.717) is 5.92 Å². The third-order valence-corrected chi connectivity index (χ3v) is 7.13. The van der Waals surface area contributed by atoms with Gasteiger partial charge in [0.1, 0.15) is 11.7 Å². The number of benzene rings is 1. The Balaban J connectivity index is 1.62. The number of nitrogens with zero attached hydrogens (tertiary/aromatic N) is 4. The summed E-state index contributed by atoms with van der Waals surface area (Å²) in [7, 11) is 0. The van der Waals surface area contributed by atoms with Crippen LogP contribution in [0.2, 0.25) is 0 Å². The molecule has 5 nitrogen and oxygen atoms in total. The number of ether oxygens (including phenoxy) is 1. The first-order chi connectivity index (χ1) is 13.2. The first-order valence-electron chi connectivity index (χ1n) is 10.5. The summed E-state index contributed by atoms with van der Waals surface area (Å²) in [5.74, 6) is 0.514. The Labute approximate surface area is 162 Å². The van der Waals surface area contributed by atoms with E-state index in [9.17, 15) is 0 Å². The summed E-state index contributed by atoms with van der Waals surface area (Å²) in [6.45, 7) is 7.91. The molecule has 1 saturated heterocycles. The Bertz CT molecular complexity index is 783. The van der Waals surface area contributed by atoms with Gasteiger partial charge in [-0.05, 0) is 69.2 Å². The van der Waals surface area contributed by atoms with E-state index in [1.165, 1.54) is 42.5 Å². The summed E-state index contributed by atoms with van der Waals surface area (Å²) in [5.41, 5.74) is 5.32. The Kier molecular flexibility index (Phi) is 4.32. The van der Waals surface area contributed by atoms with Gasteiger partial charge in [-0.3, -0.25) is 4.90 Å². The molecule has 0 unspecified atom stereocenters. The molecule has 1 saturated carbocycles. The van der Waals surface area contributed by atoms with E-state index in [1.54, 1.807) is 5.57 Å². The zero-order valence-electron chi connectivity index (χ0n) is 16.5. The second-order valence-corrected chi connectivity index (χ2v) is 8.48. The lowest BCUT2D eigenvalue weighted by Gasteiger charge is -2.50. The van der Waals surface area contributed by atoms with Gasteiger partial charge >= 0.3 is 0 Å². The Morgan fingerprint density at radius 1 is 1.11 bits per heavy atom. The van der Waals surface area contributed by atoms with E-state index < -0.39 is 0 Å². The average Bonchev–Trinajstić information content (AvgIpc) is 3.40. The summed E-state index contributed by atoms with van der Waals surface area (Å²) in [4.78, 5) is 2.65. The zero-order chi connectivity index (χ0) is 18.4. The van der Waals surface area contributed by atoms with Crippen LogP contribution >= 0.6 is 0 Å². The van der Waals surface area contributed by atoms with E-state index in [-0.39, 0.29) is 11.7 Å². The molecule has 4 aliphatic rings. The molecule has 2 heterocycles. The third kappa shape index (κ3) is 2.59. The minimum Gasteiger partial charge on any atom is -0.379 e. The quantitative estimate of drug-likeness (QED) is 0.744. The van der Waals surface area contributed by atoms with E-state index in [1.807, 2.05) is 0 Å². The van der Waals surface area contributed by atoms with Gasteiger partial charge in [-0.2, -0.15) is 5.11 Å². The first-order valence-corrected chi connectivity index (χ1v) is 10.5. The lowest BCUT2D eigenvalue weighted by molar-refractivity contribution is -0.0340. The van der Waals surface area contributed by atoms with Gasteiger partial charge in [0.2, 0.25) is 0 Å². The normalized spacial score (nSPS) is 33.6. The molecule has 5 rings (SSSR count). The highest BCUT2D eigenvalue weighted by atomic mass is 16.5. The molecule has 27 heavy (non-hydrogen) atoms. The topological polar surface area (TPSA) is 40.4 Å². The third-order valence-electron chi connectivity index (χ3n) is 7.13. The van der Waals surface area contributed by atoms with Crippen LogP contribution in [0.4, 0.5) is 5.69 Å². The van der Waals surface area contributed by atoms with Gasteiger partial charge in [0, 0.05) is 19.0 Å². The van der Waals surface area contributed by atoms with Gasteiger partial charge in [0.05, 0.1) is 18.9 Å². The maximum atomic E-state index is 5.70. The van der Waals surface area contributed by atoms with E-state index in [4.69, 9.17) is 15.1 Å². The molecular formula is C22H30N4O. The van der Waals surface area contributed by atoms with Crippen LogP contribution in [0.15, 0.2) is 40.2 Å². The van der Waals surface area contributed by atoms with E-state index in [2.05, 4.69) is 48.0 Å². The van der Waals surface area contributed by atoms with Crippen molar-refractivity contribution < 1.29 is 4.74 Å². The molecule has 144 valence electrons. The van der Waals surface area contributed by atoms with Crippen molar-refractivity contribution in [3.8, 4) is 0 Å². The number of fused-ring (bicyclic) bond motifs is 1. The SMILES string of the molecule is Cc1ccc(N2N=N[C@@H]3CC[C@@H](C4=CCCC4)[C@@]32N2CCOCC2)cc1C. The molecule has 2 aliphatic heterocycles. The van der Waals surface area contributed by atoms with Crippen LogP contribution in [-0.2, 0) is 4.74 Å². The molecule has 0 aromatic heterocycles. The van der Waals surface area contributed by atoms with E-state index in [0.717, 1.165) is 32.7 Å². The largest absolute Gasteiger partial charge is 0.379 e. The van der Waals surface area contributed by atoms with Crippen molar-refractivity contribution in [2.24, 2.45) is 16.3 Å². The molecule has 0 N–H and O–H groups in total. The Hall–Kier alpha value is -1.72. The highest BCUT2D eigenvalue weighted by Gasteiger charge is 2.62. The van der Waals surface area contributed by atoms with Gasteiger partial charge in [-0.25, -0.2) is 5.01 Å². The molecule has 0 bridgehead atoms. The molecular weight excluding hydrogens is 336 g/mol. The minimum atomic E-state index is -0.151. The standard InChI is InChI=1S/C22H30N4O/c1-16-7-8-19(15-17(16)2)26-22(25-11-13-27-14-12-25)20(18-5-3-4-6-18)9-10-21(22)23-24-26/h5,7-8,15,20-21H,3-4,6,9-14H2,1-2H3/t20-,21+,22-/m0/s1. The van der Waals surface area contributed by atoms with Crippen molar-refractivity contribution in [3.63, 3.8) is 0 Å². The smallest absolute Gasteiger partial charge is 0.148 e. The lowest BCUT2D eigenvalue weighted by atomic mass is 9.84. The zero-order valence-corrected chi connectivity index (χ0v) is 16.5. The minimum absolute atomic E-state index is 0.151. The lowest BCUT2D eigenvalue weighted by Crippen LogP contribution is -2.66. The summed E-state index contributed by atoms with van der Waals surface area (Å²) >= 11 is 0. The molecule has 0 amide bonds. The van der Waals surface area contributed by atoms with Crippen LogP contribution in [0.25, 0.3) is 0 Å². The van der Waals surface area contributed by atoms with Gasteiger partial charge in [-0.15, -0.1) is 0 Å². The molecule has 3 atom stereocenters. The highest BCUT2D eigenvalue weighted by Crippen LogP contribution is 2.54. The molecule has 1 aromatic rings. The Morgan fingerprint density at radius 3 is 2.70 bits per heavy atom. The Morgan fingerprint density at radius 2 is 1.96 bits per heavy atom. The van der Waals surface area contributed by atoms with Crippen LogP contribution in [-0.4, -0.2) is 42.9 Å².